The van der Waals surface area contributed by atoms with Gasteiger partial charge in [-0.15, -0.1) is 0 Å². The normalized spacial score (nSPS) is 10.8. The van der Waals surface area contributed by atoms with Gasteiger partial charge in [0.1, 0.15) is 36.2 Å². The van der Waals surface area contributed by atoms with E-state index in [1.807, 2.05) is 85.8 Å². The molecule has 0 unspecified atom stereocenters. The van der Waals surface area contributed by atoms with Gasteiger partial charge in [-0.3, -0.25) is 4.79 Å². The molecule has 0 aliphatic carbocycles. The summed E-state index contributed by atoms with van der Waals surface area (Å²) in [5.74, 6) is 2.24. The number of allylic oxidation sites excluding steroid dienone is 1. The number of carbonyl (C=O) groups excluding carboxylic acids is 1. The second kappa shape index (κ2) is 13.0. The van der Waals surface area contributed by atoms with Crippen LogP contribution in [-0.4, -0.2) is 19.5 Å². The summed E-state index contributed by atoms with van der Waals surface area (Å²) in [5, 5.41) is 0. The van der Waals surface area contributed by atoms with Crippen molar-refractivity contribution in [1.29, 1.82) is 0 Å². The maximum atomic E-state index is 13.1. The largest absolute Gasteiger partial charge is 0.496 e. The molecule has 0 bridgehead atoms. The summed E-state index contributed by atoms with van der Waals surface area (Å²) in [7, 11) is 1.54. The van der Waals surface area contributed by atoms with Gasteiger partial charge in [-0.25, -0.2) is 0 Å². The molecule has 5 heteroatoms. The van der Waals surface area contributed by atoms with E-state index in [4.69, 9.17) is 18.9 Å². The van der Waals surface area contributed by atoms with Gasteiger partial charge in [-0.05, 0) is 54.5 Å². The highest BCUT2D eigenvalue weighted by Crippen LogP contribution is 2.29. The molecule has 4 aromatic rings. The molecule has 0 aliphatic heterocycles. The number of ether oxygens (including phenoxy) is 4. The first kappa shape index (κ1) is 25.6. The van der Waals surface area contributed by atoms with Crippen molar-refractivity contribution in [1.82, 2.24) is 0 Å². The van der Waals surface area contributed by atoms with E-state index in [1.54, 1.807) is 31.4 Å². The van der Waals surface area contributed by atoms with Crippen molar-refractivity contribution in [2.75, 3.05) is 13.7 Å². The maximum Gasteiger partial charge on any atom is 0.189 e. The molecule has 0 atom stereocenters. The van der Waals surface area contributed by atoms with Crippen molar-refractivity contribution in [3.63, 3.8) is 0 Å². The van der Waals surface area contributed by atoms with Crippen molar-refractivity contribution in [3.05, 3.63) is 125 Å². The predicted octanol–water partition coefficient (Wildman–Crippen LogP) is 7.15. The first-order chi connectivity index (χ1) is 18.2. The number of hydrogen-bond acceptors (Lipinski definition) is 5. The molecule has 37 heavy (non-hydrogen) atoms. The minimum Gasteiger partial charge on any atom is -0.496 e. The second-order valence-corrected chi connectivity index (χ2v) is 8.24. The second-order valence-electron chi connectivity index (χ2n) is 8.24. The van der Waals surface area contributed by atoms with Gasteiger partial charge in [0.2, 0.25) is 0 Å². The van der Waals surface area contributed by atoms with E-state index in [-0.39, 0.29) is 5.78 Å². The monoisotopic (exact) mass is 494 g/mol. The average molecular weight is 495 g/mol. The van der Waals surface area contributed by atoms with Gasteiger partial charge >= 0.3 is 0 Å². The Morgan fingerprint density at radius 2 is 1.30 bits per heavy atom. The van der Waals surface area contributed by atoms with E-state index < -0.39 is 0 Å². The lowest BCUT2D eigenvalue weighted by Crippen LogP contribution is -2.01. The van der Waals surface area contributed by atoms with Gasteiger partial charge in [-0.2, -0.15) is 0 Å². The highest BCUT2D eigenvalue weighted by molar-refractivity contribution is 6.08. The standard InChI is InChI=1S/C32H30O5/c1-3-35-27-16-14-26(31(20-27)37-23-25-12-8-5-9-13-25)15-19-30(33)29-18-17-28(21-32(29)34-2)36-22-24-10-6-4-7-11-24/h4-21H,3,22-23H2,1-2H3. The number of rotatable bonds is 12. The maximum absolute atomic E-state index is 13.1. The number of ketones is 1. The Morgan fingerprint density at radius 3 is 1.95 bits per heavy atom. The van der Waals surface area contributed by atoms with Crippen LogP contribution in [0.3, 0.4) is 0 Å². The van der Waals surface area contributed by atoms with Crippen LogP contribution in [0.4, 0.5) is 0 Å². The molecule has 0 heterocycles. The van der Waals surface area contributed by atoms with Crippen LogP contribution in [0.5, 0.6) is 23.0 Å². The van der Waals surface area contributed by atoms with E-state index in [0.717, 1.165) is 16.7 Å². The molecule has 4 aromatic carbocycles. The molecule has 0 amide bonds. The Morgan fingerprint density at radius 1 is 0.703 bits per heavy atom. The van der Waals surface area contributed by atoms with Gasteiger partial charge in [-0.1, -0.05) is 60.7 Å². The fourth-order valence-corrected chi connectivity index (χ4v) is 3.73. The summed E-state index contributed by atoms with van der Waals surface area (Å²) in [6, 6.07) is 30.6. The molecular weight excluding hydrogens is 464 g/mol. The summed E-state index contributed by atoms with van der Waals surface area (Å²) in [6.45, 7) is 3.32. The van der Waals surface area contributed by atoms with Crippen LogP contribution in [0, 0.1) is 0 Å². The zero-order valence-electron chi connectivity index (χ0n) is 21.1. The average Bonchev–Trinajstić information content (AvgIpc) is 2.95. The highest BCUT2D eigenvalue weighted by atomic mass is 16.5. The lowest BCUT2D eigenvalue weighted by Gasteiger charge is -2.12. The van der Waals surface area contributed by atoms with Gasteiger partial charge in [0.25, 0.3) is 0 Å². The SMILES string of the molecule is CCOc1ccc(C=CC(=O)c2ccc(OCc3ccccc3)cc2OC)c(OCc2ccccc2)c1. The fourth-order valence-electron chi connectivity index (χ4n) is 3.73. The van der Waals surface area contributed by atoms with Crippen molar-refractivity contribution in [2.45, 2.75) is 20.1 Å². The van der Waals surface area contributed by atoms with Gasteiger partial charge < -0.3 is 18.9 Å². The third-order valence-electron chi connectivity index (χ3n) is 5.63. The van der Waals surface area contributed by atoms with Crippen molar-refractivity contribution in [3.8, 4) is 23.0 Å². The smallest absolute Gasteiger partial charge is 0.189 e. The molecule has 0 fully saturated rings. The Hall–Kier alpha value is -4.51. The Balaban J connectivity index is 1.49. The third-order valence-corrected chi connectivity index (χ3v) is 5.63. The van der Waals surface area contributed by atoms with Crippen molar-refractivity contribution >= 4 is 11.9 Å². The Bertz CT molecular complexity index is 1330. The molecule has 0 spiro atoms. The molecule has 4 rings (SSSR count). The van der Waals surface area contributed by atoms with E-state index in [0.29, 0.717) is 48.4 Å². The minimum atomic E-state index is -0.186. The summed E-state index contributed by atoms with van der Waals surface area (Å²) in [6.07, 6.45) is 3.27. The molecular formula is C32H30O5. The van der Waals surface area contributed by atoms with Crippen LogP contribution in [-0.2, 0) is 13.2 Å². The molecule has 5 nitrogen and oxygen atoms in total. The first-order valence-corrected chi connectivity index (χ1v) is 12.2. The quantitative estimate of drug-likeness (QED) is 0.155. The molecule has 0 N–H and O–H groups in total. The topological polar surface area (TPSA) is 54.0 Å². The van der Waals surface area contributed by atoms with E-state index in [2.05, 4.69) is 0 Å². The molecule has 0 radical (unpaired) electrons. The summed E-state index contributed by atoms with van der Waals surface area (Å²) < 4.78 is 23.1. The van der Waals surface area contributed by atoms with Crippen LogP contribution < -0.4 is 18.9 Å². The van der Waals surface area contributed by atoms with Gasteiger partial charge in [0.05, 0.1) is 19.3 Å². The zero-order valence-corrected chi connectivity index (χ0v) is 21.1. The number of carbonyl (C=O) groups is 1. The number of hydrogen-bond donors (Lipinski definition) is 0. The lowest BCUT2D eigenvalue weighted by atomic mass is 10.1. The molecule has 0 saturated heterocycles. The van der Waals surface area contributed by atoms with E-state index in [1.165, 1.54) is 6.08 Å². The molecule has 0 aliphatic rings. The summed E-state index contributed by atoms with van der Waals surface area (Å²) in [4.78, 5) is 13.1. The van der Waals surface area contributed by atoms with Crippen molar-refractivity contribution in [2.24, 2.45) is 0 Å². The van der Waals surface area contributed by atoms with Crippen LogP contribution in [0.15, 0.2) is 103 Å². The lowest BCUT2D eigenvalue weighted by molar-refractivity contribution is 0.104. The molecule has 0 aromatic heterocycles. The van der Waals surface area contributed by atoms with Crippen molar-refractivity contribution < 1.29 is 23.7 Å². The molecule has 188 valence electrons. The zero-order chi connectivity index (χ0) is 25.9. The summed E-state index contributed by atoms with van der Waals surface area (Å²) >= 11 is 0. The van der Waals surface area contributed by atoms with Crippen LogP contribution >= 0.6 is 0 Å². The number of benzene rings is 4. The fraction of sp³-hybridized carbons (Fsp3) is 0.156. The third kappa shape index (κ3) is 7.24. The van der Waals surface area contributed by atoms with E-state index in [9.17, 15) is 4.79 Å². The number of methoxy groups -OCH3 is 1. The van der Waals surface area contributed by atoms with Crippen LogP contribution in [0.25, 0.3) is 6.08 Å². The Labute approximate surface area is 217 Å². The minimum absolute atomic E-state index is 0.186. The van der Waals surface area contributed by atoms with Crippen LogP contribution in [0.1, 0.15) is 34.0 Å². The van der Waals surface area contributed by atoms with Crippen LogP contribution in [0.2, 0.25) is 0 Å². The Kier molecular flexibility index (Phi) is 8.97. The highest BCUT2D eigenvalue weighted by Gasteiger charge is 2.12. The predicted molar refractivity (Wildman–Crippen MR) is 146 cm³/mol. The molecule has 0 saturated carbocycles. The van der Waals surface area contributed by atoms with Gasteiger partial charge in [0, 0.05) is 17.7 Å². The van der Waals surface area contributed by atoms with Gasteiger partial charge in [0.15, 0.2) is 5.78 Å². The summed E-state index contributed by atoms with van der Waals surface area (Å²) in [5.41, 5.74) is 3.33. The first-order valence-electron chi connectivity index (χ1n) is 12.2. The van der Waals surface area contributed by atoms with E-state index >= 15 is 0 Å².